The molecule has 2 aliphatic heterocycles. The Balaban J connectivity index is 1.56. The van der Waals surface area contributed by atoms with Crippen molar-refractivity contribution in [3.05, 3.63) is 70.4 Å². The fourth-order valence-electron chi connectivity index (χ4n) is 4.69. The maximum absolute atomic E-state index is 13.1. The summed E-state index contributed by atoms with van der Waals surface area (Å²) in [4.78, 5) is 31.5. The highest BCUT2D eigenvalue weighted by atomic mass is 32.2. The van der Waals surface area contributed by atoms with Crippen LogP contribution in [-0.4, -0.2) is 62.5 Å². The van der Waals surface area contributed by atoms with Gasteiger partial charge in [0.25, 0.3) is 0 Å². The Morgan fingerprint density at radius 1 is 1.09 bits per heavy atom. The van der Waals surface area contributed by atoms with Gasteiger partial charge in [0, 0.05) is 49.0 Å². The van der Waals surface area contributed by atoms with Gasteiger partial charge in [-0.2, -0.15) is 0 Å². The molecule has 2 aliphatic rings. The number of rotatable bonds is 7. The van der Waals surface area contributed by atoms with Crippen molar-refractivity contribution in [3.8, 4) is 0 Å². The molecule has 2 amide bonds. The Morgan fingerprint density at radius 2 is 1.80 bits per heavy atom. The van der Waals surface area contributed by atoms with Gasteiger partial charge >= 0.3 is 12.0 Å². The van der Waals surface area contributed by atoms with Gasteiger partial charge in [0.1, 0.15) is 0 Å². The average Bonchev–Trinajstić information content (AvgIpc) is 2.86. The summed E-state index contributed by atoms with van der Waals surface area (Å²) in [5, 5.41) is 5.83. The van der Waals surface area contributed by atoms with Crippen molar-refractivity contribution in [1.82, 2.24) is 15.5 Å². The molecular formula is C27H34N4O3S. The van der Waals surface area contributed by atoms with Gasteiger partial charge in [0.05, 0.1) is 18.2 Å². The first kappa shape index (κ1) is 25.1. The minimum absolute atomic E-state index is 0.274. The minimum atomic E-state index is -0.551. The van der Waals surface area contributed by atoms with E-state index < -0.39 is 12.0 Å². The number of carbonyl (C=O) groups excluding carboxylic acids is 2. The molecular weight excluding hydrogens is 460 g/mol. The molecule has 1 fully saturated rings. The molecule has 35 heavy (non-hydrogen) atoms. The predicted octanol–water partition coefficient (Wildman–Crippen LogP) is 4.02. The number of aryl methyl sites for hydroxylation is 1. The topological polar surface area (TPSA) is 73.9 Å². The van der Waals surface area contributed by atoms with Crippen LogP contribution in [0.15, 0.2) is 58.6 Å². The van der Waals surface area contributed by atoms with E-state index in [0.29, 0.717) is 17.8 Å². The molecule has 0 unspecified atom stereocenters. The average molecular weight is 495 g/mol. The number of nitrogens with zero attached hydrogens (tertiary/aromatic N) is 2. The first-order valence-corrected chi connectivity index (χ1v) is 13.3. The lowest BCUT2D eigenvalue weighted by Gasteiger charge is -2.38. The SMILES string of the molecule is CCOC(=O)C1=C(CN2CCN(c3cccc(C)c3C)CC2)NC(=O)N[C@@H]1c1ccc(SC)cc1. The first-order chi connectivity index (χ1) is 16.9. The highest BCUT2D eigenvalue weighted by Gasteiger charge is 2.34. The van der Waals surface area contributed by atoms with Crippen LogP contribution in [0.2, 0.25) is 0 Å². The Labute approximate surface area is 211 Å². The van der Waals surface area contributed by atoms with Crippen LogP contribution in [0.3, 0.4) is 0 Å². The standard InChI is InChI=1S/C27H34N4O3S/c1-5-34-26(32)24-22(28-27(33)29-25(24)20-9-11-21(35-4)12-10-20)17-30-13-15-31(16-14-30)23-8-6-7-18(2)19(23)3/h6-12,25H,5,13-17H2,1-4H3,(H2,28,29,33)/t25-/m1/s1. The monoisotopic (exact) mass is 494 g/mol. The molecule has 1 atom stereocenters. The molecule has 2 N–H and O–H groups in total. The lowest BCUT2D eigenvalue weighted by molar-refractivity contribution is -0.139. The van der Waals surface area contributed by atoms with E-state index in [4.69, 9.17) is 4.74 Å². The van der Waals surface area contributed by atoms with Crippen LogP contribution in [0, 0.1) is 13.8 Å². The van der Waals surface area contributed by atoms with E-state index in [1.807, 2.05) is 30.5 Å². The summed E-state index contributed by atoms with van der Waals surface area (Å²) in [6, 6.07) is 13.5. The number of urea groups is 1. The lowest BCUT2D eigenvalue weighted by Crippen LogP contribution is -2.52. The van der Waals surface area contributed by atoms with Crippen molar-refractivity contribution in [1.29, 1.82) is 0 Å². The highest BCUT2D eigenvalue weighted by molar-refractivity contribution is 7.98. The van der Waals surface area contributed by atoms with Crippen molar-refractivity contribution in [3.63, 3.8) is 0 Å². The van der Waals surface area contributed by atoms with E-state index in [0.717, 1.165) is 36.6 Å². The Hall–Kier alpha value is -2.97. The molecule has 4 rings (SSSR count). The van der Waals surface area contributed by atoms with E-state index >= 15 is 0 Å². The van der Waals surface area contributed by atoms with Crippen LogP contribution in [0.1, 0.15) is 29.7 Å². The van der Waals surface area contributed by atoms with E-state index in [1.54, 1.807) is 18.7 Å². The molecule has 2 aromatic rings. The van der Waals surface area contributed by atoms with Crippen LogP contribution in [-0.2, 0) is 9.53 Å². The zero-order valence-corrected chi connectivity index (χ0v) is 21.7. The summed E-state index contributed by atoms with van der Waals surface area (Å²) in [5.41, 5.74) is 5.84. The predicted molar refractivity (Wildman–Crippen MR) is 141 cm³/mol. The number of carbonyl (C=O) groups is 2. The maximum atomic E-state index is 13.1. The fraction of sp³-hybridized carbons (Fsp3) is 0.407. The van der Waals surface area contributed by atoms with Gasteiger partial charge in [-0.1, -0.05) is 24.3 Å². The molecule has 186 valence electrons. The number of esters is 1. The molecule has 2 heterocycles. The van der Waals surface area contributed by atoms with Gasteiger partial charge in [-0.3, -0.25) is 4.90 Å². The van der Waals surface area contributed by atoms with Crippen LogP contribution in [0.4, 0.5) is 10.5 Å². The van der Waals surface area contributed by atoms with Gasteiger partial charge in [-0.05, 0) is 61.9 Å². The first-order valence-electron chi connectivity index (χ1n) is 12.1. The maximum Gasteiger partial charge on any atom is 0.338 e. The molecule has 7 nitrogen and oxygen atoms in total. The quantitative estimate of drug-likeness (QED) is 0.448. The second-order valence-electron chi connectivity index (χ2n) is 8.90. The lowest BCUT2D eigenvalue weighted by atomic mass is 9.95. The van der Waals surface area contributed by atoms with E-state index in [2.05, 4.69) is 52.5 Å². The smallest absolute Gasteiger partial charge is 0.338 e. The third kappa shape index (κ3) is 5.65. The Kier molecular flexibility index (Phi) is 8.03. The van der Waals surface area contributed by atoms with Crippen LogP contribution < -0.4 is 15.5 Å². The summed E-state index contributed by atoms with van der Waals surface area (Å²) in [6.45, 7) is 10.3. The van der Waals surface area contributed by atoms with Crippen LogP contribution in [0.5, 0.6) is 0 Å². The summed E-state index contributed by atoms with van der Waals surface area (Å²) >= 11 is 1.65. The number of amides is 2. The molecule has 0 radical (unpaired) electrons. The minimum Gasteiger partial charge on any atom is -0.463 e. The van der Waals surface area contributed by atoms with Gasteiger partial charge in [-0.25, -0.2) is 9.59 Å². The normalized spacial score (nSPS) is 18.8. The molecule has 0 aromatic heterocycles. The van der Waals surface area contributed by atoms with E-state index in [1.165, 1.54) is 16.8 Å². The fourth-order valence-corrected chi connectivity index (χ4v) is 5.10. The van der Waals surface area contributed by atoms with Crippen LogP contribution in [0.25, 0.3) is 0 Å². The second-order valence-corrected chi connectivity index (χ2v) is 9.78. The van der Waals surface area contributed by atoms with Gasteiger partial charge in [0.2, 0.25) is 0 Å². The highest BCUT2D eigenvalue weighted by Crippen LogP contribution is 2.30. The third-order valence-electron chi connectivity index (χ3n) is 6.77. The van der Waals surface area contributed by atoms with Crippen molar-refractivity contribution in [2.45, 2.75) is 31.7 Å². The van der Waals surface area contributed by atoms with Gasteiger partial charge < -0.3 is 20.3 Å². The number of hydrogen-bond acceptors (Lipinski definition) is 6. The number of piperazine rings is 1. The molecule has 8 heteroatoms. The molecule has 0 aliphatic carbocycles. The summed E-state index contributed by atoms with van der Waals surface area (Å²) < 4.78 is 5.41. The van der Waals surface area contributed by atoms with Gasteiger partial charge in [0.15, 0.2) is 0 Å². The number of nitrogens with one attached hydrogen (secondary N) is 2. The summed E-state index contributed by atoms with van der Waals surface area (Å²) in [7, 11) is 0. The van der Waals surface area contributed by atoms with Crippen molar-refractivity contribution >= 4 is 29.4 Å². The number of thioether (sulfide) groups is 1. The Morgan fingerprint density at radius 3 is 2.46 bits per heavy atom. The number of anilines is 1. The summed E-state index contributed by atoms with van der Waals surface area (Å²) in [5.74, 6) is -0.400. The molecule has 2 aromatic carbocycles. The Bertz CT molecular complexity index is 1110. The second kappa shape index (κ2) is 11.2. The molecule has 0 saturated carbocycles. The van der Waals surface area contributed by atoms with E-state index in [9.17, 15) is 9.59 Å². The molecule has 0 bridgehead atoms. The van der Waals surface area contributed by atoms with Crippen molar-refractivity contribution < 1.29 is 14.3 Å². The zero-order chi connectivity index (χ0) is 24.9. The zero-order valence-electron chi connectivity index (χ0n) is 20.9. The number of hydrogen-bond donors (Lipinski definition) is 2. The van der Waals surface area contributed by atoms with Crippen molar-refractivity contribution in [2.24, 2.45) is 0 Å². The van der Waals surface area contributed by atoms with E-state index in [-0.39, 0.29) is 12.6 Å². The van der Waals surface area contributed by atoms with Crippen molar-refractivity contribution in [2.75, 3.05) is 50.5 Å². The summed E-state index contributed by atoms with van der Waals surface area (Å²) in [6.07, 6.45) is 2.02. The number of ether oxygens (including phenoxy) is 1. The third-order valence-corrected chi connectivity index (χ3v) is 7.51. The van der Waals surface area contributed by atoms with Crippen LogP contribution >= 0.6 is 11.8 Å². The molecule has 1 saturated heterocycles. The molecule has 0 spiro atoms. The number of benzene rings is 2. The largest absolute Gasteiger partial charge is 0.463 e. The van der Waals surface area contributed by atoms with Gasteiger partial charge in [-0.15, -0.1) is 11.8 Å².